The Balaban J connectivity index is 1.61. The second kappa shape index (κ2) is 13.8. The lowest BCUT2D eigenvalue weighted by atomic mass is 9.74. The van der Waals surface area contributed by atoms with Crippen molar-refractivity contribution in [3.8, 4) is 0 Å². The van der Waals surface area contributed by atoms with E-state index in [0.717, 1.165) is 0 Å². The summed E-state index contributed by atoms with van der Waals surface area (Å²) in [5, 5.41) is 12.5. The molecule has 256 valence electrons. The minimum absolute atomic E-state index is 0.0405. The molecule has 1 spiro atoms. The first-order valence-electron chi connectivity index (χ1n) is 16.7. The molecule has 2 fully saturated rings. The van der Waals surface area contributed by atoms with Crippen LogP contribution in [-0.4, -0.2) is 88.1 Å². The Morgan fingerprint density at radius 1 is 1.02 bits per heavy atom. The van der Waals surface area contributed by atoms with E-state index in [1.54, 1.807) is 4.90 Å². The number of nitrogens with one attached hydrogen (secondary N) is 1. The summed E-state index contributed by atoms with van der Waals surface area (Å²) in [5.74, 6) is -3.39. The van der Waals surface area contributed by atoms with Gasteiger partial charge < -0.3 is 29.7 Å². The highest BCUT2D eigenvalue weighted by Crippen LogP contribution is 2.59. The van der Waals surface area contributed by atoms with E-state index < -0.39 is 47.2 Å². The Labute approximate surface area is 286 Å². The molecule has 0 saturated carbocycles. The number of benzene rings is 1. The Kier molecular flexibility index (Phi) is 10.4. The largest absolute Gasteiger partial charge is 0.455 e. The topological polar surface area (TPSA) is 125 Å². The minimum atomic E-state index is -1.38. The number of fused-ring (bicyclic) bond motifs is 2. The first-order chi connectivity index (χ1) is 22.2. The number of carbonyl (C=O) groups excluding carboxylic acids is 4. The Hall–Kier alpha value is -3.02. The van der Waals surface area contributed by atoms with Crippen molar-refractivity contribution in [3.63, 3.8) is 0 Å². The Morgan fingerprint density at radius 3 is 2.43 bits per heavy atom. The molecular weight excluding hydrogens is 666 g/mol. The average Bonchev–Trinajstić information content (AvgIpc) is 3.58. The van der Waals surface area contributed by atoms with Crippen LogP contribution in [0.2, 0.25) is 0 Å². The summed E-state index contributed by atoms with van der Waals surface area (Å²) in [6, 6.07) is 8.16. The summed E-state index contributed by atoms with van der Waals surface area (Å²) in [6.07, 6.45) is 6.37. The average molecular weight is 715 g/mol. The summed E-state index contributed by atoms with van der Waals surface area (Å²) in [5.41, 5.74) is -1.40. The number of carbonyl (C=O) groups is 4. The number of nitrogens with zero attached hydrogens (tertiary/aromatic N) is 2. The maximum atomic E-state index is 15.1. The van der Waals surface area contributed by atoms with E-state index in [-0.39, 0.29) is 55.8 Å². The van der Waals surface area contributed by atoms with E-state index in [4.69, 9.17) is 9.47 Å². The number of hydrogen-bond acceptors (Lipinski definition) is 7. The van der Waals surface area contributed by atoms with E-state index in [9.17, 15) is 19.5 Å². The van der Waals surface area contributed by atoms with Crippen LogP contribution in [0.5, 0.6) is 0 Å². The monoisotopic (exact) mass is 713 g/mol. The zero-order chi connectivity index (χ0) is 34.1. The highest BCUT2D eigenvalue weighted by Gasteiger charge is 2.75. The summed E-state index contributed by atoms with van der Waals surface area (Å²) >= 11 is 3.62. The van der Waals surface area contributed by atoms with Crippen molar-refractivity contribution in [3.05, 3.63) is 58.6 Å². The SMILES string of the molecule is CC(C)(C)CC(C)(C)N1C/C=C\CCC(=O)NC[C@H](c2ccccc2)OC(=O)[C@H]2[C@@H]3O[C@@]4(C=C3Br)[C@@H]2C(=O)N(CCCCO)[C@@H]4C1=O. The lowest BCUT2D eigenvalue weighted by molar-refractivity contribution is -0.160. The normalized spacial score (nSPS) is 31.0. The molecule has 5 rings (SSSR count). The van der Waals surface area contributed by atoms with Gasteiger partial charge in [-0.2, -0.15) is 0 Å². The summed E-state index contributed by atoms with van der Waals surface area (Å²) in [6.45, 7) is 11.0. The van der Waals surface area contributed by atoms with Crippen molar-refractivity contribution < 1.29 is 33.8 Å². The molecule has 2 saturated heterocycles. The van der Waals surface area contributed by atoms with Gasteiger partial charge in [-0.1, -0.05) is 79.2 Å². The van der Waals surface area contributed by atoms with Gasteiger partial charge in [0.25, 0.3) is 0 Å². The molecule has 1 aromatic rings. The van der Waals surface area contributed by atoms with Crippen molar-refractivity contribution in [1.29, 1.82) is 0 Å². The van der Waals surface area contributed by atoms with Crippen LogP contribution in [0.1, 0.15) is 78.4 Å². The number of ether oxygens (including phenoxy) is 2. The van der Waals surface area contributed by atoms with Crippen LogP contribution in [0.25, 0.3) is 0 Å². The second-order valence-electron chi connectivity index (χ2n) is 14.9. The minimum Gasteiger partial charge on any atom is -0.455 e. The lowest BCUT2D eigenvalue weighted by Gasteiger charge is -2.45. The molecule has 3 amide bonds. The zero-order valence-electron chi connectivity index (χ0n) is 28.0. The van der Waals surface area contributed by atoms with Crippen molar-refractivity contribution in [2.75, 3.05) is 26.2 Å². The zero-order valence-corrected chi connectivity index (χ0v) is 29.6. The molecule has 1 aromatic carbocycles. The van der Waals surface area contributed by atoms with Gasteiger partial charge in [0, 0.05) is 36.1 Å². The standard InChI is InChI=1S/C36H48BrN3O7/c1-34(2,3)22-35(4,5)40-18-11-7-10-16-26(42)38-21-25(23-14-8-6-9-15-23)46-33(45)27-28-31(43)39(17-12-13-19-41)30(32(40)44)36(28)20-24(37)29(27)47-36/h6-9,11,14-15,20,25,27-30,41H,10,12-13,16-19,21-22H2,1-5H3,(H,38,42)/b11-7-/t25-,27-,28+,29-,30-,36+/m1/s1. The van der Waals surface area contributed by atoms with Gasteiger partial charge >= 0.3 is 5.97 Å². The smallest absolute Gasteiger partial charge is 0.313 e. The van der Waals surface area contributed by atoms with Gasteiger partial charge in [-0.05, 0) is 56.6 Å². The summed E-state index contributed by atoms with van der Waals surface area (Å²) in [4.78, 5) is 60.0. The number of allylic oxidation sites excluding steroid dienone is 1. The molecule has 0 aliphatic carbocycles. The van der Waals surface area contributed by atoms with Gasteiger partial charge in [0.2, 0.25) is 17.7 Å². The van der Waals surface area contributed by atoms with Crippen molar-refractivity contribution in [2.24, 2.45) is 17.3 Å². The van der Waals surface area contributed by atoms with Crippen molar-refractivity contribution in [2.45, 2.75) is 96.1 Å². The molecule has 4 heterocycles. The van der Waals surface area contributed by atoms with E-state index in [1.165, 1.54) is 0 Å². The molecule has 0 aromatic heterocycles. The molecule has 0 radical (unpaired) electrons. The summed E-state index contributed by atoms with van der Waals surface area (Å²) in [7, 11) is 0. The predicted octanol–water partition coefficient (Wildman–Crippen LogP) is 4.43. The maximum Gasteiger partial charge on any atom is 0.313 e. The van der Waals surface area contributed by atoms with Crippen molar-refractivity contribution in [1.82, 2.24) is 15.1 Å². The van der Waals surface area contributed by atoms with Crippen LogP contribution in [0, 0.1) is 17.3 Å². The van der Waals surface area contributed by atoms with E-state index in [1.807, 2.05) is 67.3 Å². The van der Waals surface area contributed by atoms with Crippen LogP contribution >= 0.6 is 15.9 Å². The van der Waals surface area contributed by atoms with Gasteiger partial charge in [-0.15, -0.1) is 0 Å². The third-order valence-electron chi connectivity index (χ3n) is 9.61. The lowest BCUT2D eigenvalue weighted by Crippen LogP contribution is -2.60. The highest BCUT2D eigenvalue weighted by atomic mass is 79.9. The Bertz CT molecular complexity index is 1420. The number of halogens is 1. The third-order valence-corrected chi connectivity index (χ3v) is 10.3. The number of hydrogen-bond donors (Lipinski definition) is 2. The first kappa shape index (κ1) is 35.3. The number of esters is 1. The van der Waals surface area contributed by atoms with Crippen LogP contribution in [-0.2, 0) is 28.7 Å². The number of rotatable bonds is 7. The number of cyclic esters (lactones) is 1. The molecule has 4 aliphatic heterocycles. The molecule has 10 nitrogen and oxygen atoms in total. The number of amides is 3. The number of aliphatic hydroxyl groups excluding tert-OH is 1. The fourth-order valence-corrected chi connectivity index (χ4v) is 8.73. The molecule has 4 aliphatic rings. The molecule has 11 heteroatoms. The highest BCUT2D eigenvalue weighted by molar-refractivity contribution is 9.11. The number of unbranched alkanes of at least 4 members (excludes halogenated alkanes) is 1. The first-order valence-corrected chi connectivity index (χ1v) is 17.5. The molecule has 5 bridgehead atoms. The molecular formula is C36H48BrN3O7. The molecule has 6 atom stereocenters. The van der Waals surface area contributed by atoms with E-state index in [2.05, 4.69) is 42.0 Å². The molecule has 2 N–H and O–H groups in total. The van der Waals surface area contributed by atoms with Crippen LogP contribution in [0.4, 0.5) is 0 Å². The van der Waals surface area contributed by atoms with Gasteiger partial charge in [0.15, 0.2) is 0 Å². The predicted molar refractivity (Wildman–Crippen MR) is 180 cm³/mol. The van der Waals surface area contributed by atoms with E-state index in [0.29, 0.717) is 35.7 Å². The maximum absolute atomic E-state index is 15.1. The van der Waals surface area contributed by atoms with Gasteiger partial charge in [0.1, 0.15) is 29.8 Å². The van der Waals surface area contributed by atoms with Crippen LogP contribution in [0.15, 0.2) is 53.0 Å². The summed E-state index contributed by atoms with van der Waals surface area (Å²) < 4.78 is 13.4. The fraction of sp³-hybridized carbons (Fsp3) is 0.611. The van der Waals surface area contributed by atoms with E-state index >= 15 is 4.79 Å². The fourth-order valence-electron chi connectivity index (χ4n) is 8.00. The van der Waals surface area contributed by atoms with Gasteiger partial charge in [-0.25, -0.2) is 0 Å². The quantitative estimate of drug-likeness (QED) is 0.244. The van der Waals surface area contributed by atoms with Crippen LogP contribution in [0.3, 0.4) is 0 Å². The number of likely N-dealkylation sites (tertiary alicyclic amines) is 1. The van der Waals surface area contributed by atoms with Crippen molar-refractivity contribution >= 4 is 39.6 Å². The molecule has 0 unspecified atom stereocenters. The van der Waals surface area contributed by atoms with Crippen LogP contribution < -0.4 is 5.32 Å². The second-order valence-corrected chi connectivity index (χ2v) is 15.9. The Morgan fingerprint density at radius 2 is 1.74 bits per heavy atom. The third kappa shape index (κ3) is 7.08. The number of aliphatic hydroxyl groups is 1. The van der Waals surface area contributed by atoms with Gasteiger partial charge in [0.05, 0.1) is 12.5 Å². The molecule has 47 heavy (non-hydrogen) atoms. The van der Waals surface area contributed by atoms with Gasteiger partial charge in [-0.3, -0.25) is 19.2 Å².